The zero-order valence-electron chi connectivity index (χ0n) is 17.9. The molecule has 5 atom stereocenters. The second kappa shape index (κ2) is 7.20. The Morgan fingerprint density at radius 3 is 2.87 bits per heavy atom. The summed E-state index contributed by atoms with van der Waals surface area (Å²) >= 11 is 0. The average molecular weight is 406 g/mol. The number of fused-ring (bicyclic) bond motifs is 2. The van der Waals surface area contributed by atoms with Crippen molar-refractivity contribution >= 4 is 10.9 Å². The highest BCUT2D eigenvalue weighted by Crippen LogP contribution is 2.49. The number of nitrogens with zero attached hydrogens (tertiary/aromatic N) is 4. The second-order valence-corrected chi connectivity index (χ2v) is 9.70. The van der Waals surface area contributed by atoms with Crippen LogP contribution < -0.4 is 5.32 Å². The molecular formula is C24H31N5O. The highest BCUT2D eigenvalue weighted by Gasteiger charge is 2.46. The van der Waals surface area contributed by atoms with Gasteiger partial charge in [0.05, 0.1) is 30.7 Å². The molecule has 6 nitrogen and oxygen atoms in total. The van der Waals surface area contributed by atoms with Crippen molar-refractivity contribution in [1.82, 2.24) is 24.9 Å². The van der Waals surface area contributed by atoms with E-state index in [0.717, 1.165) is 30.7 Å². The summed E-state index contributed by atoms with van der Waals surface area (Å²) in [6.07, 6.45) is 11.0. The first kappa shape index (κ1) is 18.6. The maximum absolute atomic E-state index is 5.81. The fraction of sp³-hybridized carbons (Fsp3) is 0.583. The van der Waals surface area contributed by atoms with E-state index in [9.17, 15) is 0 Å². The molecule has 158 valence electrons. The van der Waals surface area contributed by atoms with Gasteiger partial charge in [-0.2, -0.15) is 10.2 Å². The zero-order valence-corrected chi connectivity index (χ0v) is 17.9. The van der Waals surface area contributed by atoms with Crippen LogP contribution in [0.15, 0.2) is 30.7 Å². The number of ether oxygens (including phenoxy) is 1. The third kappa shape index (κ3) is 3.00. The minimum absolute atomic E-state index is 0.644. The van der Waals surface area contributed by atoms with Crippen molar-refractivity contribution in [3.63, 3.8) is 0 Å². The molecule has 4 heterocycles. The van der Waals surface area contributed by atoms with Crippen LogP contribution in [0.5, 0.6) is 0 Å². The van der Waals surface area contributed by atoms with Gasteiger partial charge < -0.3 is 10.1 Å². The monoisotopic (exact) mass is 405 g/mol. The van der Waals surface area contributed by atoms with Crippen LogP contribution in [0.4, 0.5) is 0 Å². The average Bonchev–Trinajstić information content (AvgIpc) is 3.51. The Kier molecular flexibility index (Phi) is 4.46. The van der Waals surface area contributed by atoms with Crippen LogP contribution in [-0.2, 0) is 11.8 Å². The molecule has 1 aromatic carbocycles. The molecule has 3 aromatic rings. The SMILES string of the molecule is Cc1cc2cnn(-c3cnn(C)c3)c2cc1[C@@H]1C[C@H]2CN[C@@H]([C@H]3CCCOC3)[C@@H]2C1. The van der Waals surface area contributed by atoms with E-state index in [1.807, 2.05) is 35.0 Å². The van der Waals surface area contributed by atoms with Crippen LogP contribution in [0.2, 0.25) is 0 Å². The lowest BCUT2D eigenvalue weighted by Gasteiger charge is -2.31. The van der Waals surface area contributed by atoms with Gasteiger partial charge in [-0.25, -0.2) is 4.68 Å². The summed E-state index contributed by atoms with van der Waals surface area (Å²) in [7, 11) is 1.95. The quantitative estimate of drug-likeness (QED) is 0.724. The predicted molar refractivity (Wildman–Crippen MR) is 117 cm³/mol. The van der Waals surface area contributed by atoms with E-state index in [-0.39, 0.29) is 0 Å². The van der Waals surface area contributed by atoms with Crippen molar-refractivity contribution < 1.29 is 4.74 Å². The first-order valence-electron chi connectivity index (χ1n) is 11.5. The lowest BCUT2D eigenvalue weighted by atomic mass is 9.82. The minimum atomic E-state index is 0.644. The molecule has 0 spiro atoms. The van der Waals surface area contributed by atoms with Gasteiger partial charge in [0, 0.05) is 25.1 Å². The van der Waals surface area contributed by atoms with E-state index in [0.29, 0.717) is 17.9 Å². The normalized spacial score (nSPS) is 31.5. The van der Waals surface area contributed by atoms with Crippen LogP contribution in [0, 0.1) is 24.7 Å². The zero-order chi connectivity index (χ0) is 20.2. The number of benzene rings is 1. The van der Waals surface area contributed by atoms with Crippen molar-refractivity contribution in [3.8, 4) is 5.69 Å². The molecule has 0 unspecified atom stereocenters. The molecule has 1 saturated carbocycles. The summed E-state index contributed by atoms with van der Waals surface area (Å²) in [4.78, 5) is 0. The molecule has 0 amide bonds. The molecule has 3 fully saturated rings. The number of hydrogen-bond acceptors (Lipinski definition) is 4. The maximum atomic E-state index is 5.81. The van der Waals surface area contributed by atoms with E-state index in [2.05, 4.69) is 34.6 Å². The van der Waals surface area contributed by atoms with Gasteiger partial charge in [-0.15, -0.1) is 0 Å². The molecule has 30 heavy (non-hydrogen) atoms. The van der Waals surface area contributed by atoms with Gasteiger partial charge in [-0.05, 0) is 86.1 Å². The van der Waals surface area contributed by atoms with E-state index in [1.54, 1.807) is 0 Å². The largest absolute Gasteiger partial charge is 0.381 e. The molecule has 3 aliphatic rings. The standard InChI is InChI=1S/C24H31N5O/c1-15-6-19-11-27-29(20-12-26-28(2)13-20)23(19)9-21(15)17-7-18-10-25-24(22(18)8-17)16-4-3-5-30-14-16/h6,9,11-13,16-18,22,24-25H,3-5,7-8,10,14H2,1-2H3/t16-,17+,18-,22+,24-/m0/s1. The third-order valence-corrected chi connectivity index (χ3v) is 7.86. The number of rotatable bonds is 3. The van der Waals surface area contributed by atoms with E-state index >= 15 is 0 Å². The summed E-state index contributed by atoms with van der Waals surface area (Å²) < 4.78 is 9.68. The summed E-state index contributed by atoms with van der Waals surface area (Å²) in [6.45, 7) is 5.34. The fourth-order valence-corrected chi connectivity index (χ4v) is 6.46. The first-order chi connectivity index (χ1) is 14.7. The fourth-order valence-electron chi connectivity index (χ4n) is 6.46. The van der Waals surface area contributed by atoms with E-state index in [4.69, 9.17) is 4.74 Å². The van der Waals surface area contributed by atoms with Crippen LogP contribution in [0.3, 0.4) is 0 Å². The topological polar surface area (TPSA) is 56.9 Å². The Balaban J connectivity index is 1.30. The molecule has 2 aromatic heterocycles. The third-order valence-electron chi connectivity index (χ3n) is 7.86. The highest BCUT2D eigenvalue weighted by molar-refractivity contribution is 5.82. The van der Waals surface area contributed by atoms with Gasteiger partial charge >= 0.3 is 0 Å². The lowest BCUT2D eigenvalue weighted by molar-refractivity contribution is 0.0345. The number of aromatic nitrogens is 4. The molecule has 6 heteroatoms. The molecule has 0 radical (unpaired) electrons. The second-order valence-electron chi connectivity index (χ2n) is 9.70. The Morgan fingerprint density at radius 1 is 1.13 bits per heavy atom. The first-order valence-corrected chi connectivity index (χ1v) is 11.5. The van der Waals surface area contributed by atoms with Crippen molar-refractivity contribution in [2.24, 2.45) is 24.8 Å². The van der Waals surface area contributed by atoms with E-state index in [1.165, 1.54) is 54.3 Å². The van der Waals surface area contributed by atoms with Crippen LogP contribution in [0.1, 0.15) is 42.7 Å². The Labute approximate surface area is 177 Å². The maximum Gasteiger partial charge on any atom is 0.103 e. The summed E-state index contributed by atoms with van der Waals surface area (Å²) in [5.74, 6) is 2.94. The lowest BCUT2D eigenvalue weighted by Crippen LogP contribution is -2.39. The van der Waals surface area contributed by atoms with Gasteiger partial charge in [0.25, 0.3) is 0 Å². The minimum Gasteiger partial charge on any atom is -0.381 e. The molecule has 1 N–H and O–H groups in total. The van der Waals surface area contributed by atoms with Gasteiger partial charge in [0.1, 0.15) is 5.69 Å². The smallest absolute Gasteiger partial charge is 0.103 e. The van der Waals surface area contributed by atoms with E-state index < -0.39 is 0 Å². The summed E-state index contributed by atoms with van der Waals surface area (Å²) in [6, 6.07) is 5.37. The number of nitrogens with one attached hydrogen (secondary N) is 1. The Morgan fingerprint density at radius 2 is 2.07 bits per heavy atom. The molecule has 2 saturated heterocycles. The van der Waals surface area contributed by atoms with Crippen molar-refractivity contribution in [3.05, 3.63) is 41.9 Å². The summed E-state index contributed by atoms with van der Waals surface area (Å²) in [5, 5.41) is 14.1. The predicted octanol–water partition coefficient (Wildman–Crippen LogP) is 3.58. The molecular weight excluding hydrogens is 374 g/mol. The van der Waals surface area contributed by atoms with Crippen molar-refractivity contribution in [1.29, 1.82) is 0 Å². The summed E-state index contributed by atoms with van der Waals surface area (Å²) in [5.41, 5.74) is 5.13. The molecule has 1 aliphatic carbocycles. The Hall–Kier alpha value is -2.18. The van der Waals surface area contributed by atoms with Crippen LogP contribution >= 0.6 is 0 Å². The van der Waals surface area contributed by atoms with Gasteiger partial charge in [-0.1, -0.05) is 0 Å². The van der Waals surface area contributed by atoms with Crippen LogP contribution in [0.25, 0.3) is 16.6 Å². The van der Waals surface area contributed by atoms with Gasteiger partial charge in [0.2, 0.25) is 0 Å². The number of aryl methyl sites for hydroxylation is 2. The Bertz CT molecular complexity index is 1060. The van der Waals surface area contributed by atoms with Gasteiger partial charge in [0.15, 0.2) is 0 Å². The number of hydrogen-bond donors (Lipinski definition) is 1. The van der Waals surface area contributed by atoms with Crippen LogP contribution in [-0.4, -0.2) is 45.4 Å². The molecule has 2 aliphatic heterocycles. The van der Waals surface area contributed by atoms with Gasteiger partial charge in [-0.3, -0.25) is 4.68 Å². The highest BCUT2D eigenvalue weighted by atomic mass is 16.5. The van der Waals surface area contributed by atoms with Crippen molar-refractivity contribution in [2.45, 2.75) is 44.6 Å². The molecule has 0 bridgehead atoms. The molecule has 6 rings (SSSR count). The van der Waals surface area contributed by atoms with Crippen molar-refractivity contribution in [2.75, 3.05) is 19.8 Å².